The van der Waals surface area contributed by atoms with Crippen LogP contribution in [0.15, 0.2) is 22.7 Å². The van der Waals surface area contributed by atoms with Crippen molar-refractivity contribution in [2.45, 2.75) is 18.3 Å². The molecule has 3 nitrogen and oxygen atoms in total. The summed E-state index contributed by atoms with van der Waals surface area (Å²) in [4.78, 5) is 0. The molecule has 19 heavy (non-hydrogen) atoms. The number of methoxy groups -OCH3 is 1. The van der Waals surface area contributed by atoms with Crippen LogP contribution in [-0.2, 0) is 10.9 Å². The van der Waals surface area contributed by atoms with Gasteiger partial charge in [-0.3, -0.25) is 0 Å². The molecule has 1 heterocycles. The molecule has 0 saturated carbocycles. The molecular formula is C12H14BrF3N2O. The summed E-state index contributed by atoms with van der Waals surface area (Å²) in [6.45, 7) is 1.20. The van der Waals surface area contributed by atoms with Crippen molar-refractivity contribution in [3.8, 4) is 0 Å². The van der Waals surface area contributed by atoms with Crippen LogP contribution >= 0.6 is 15.9 Å². The summed E-state index contributed by atoms with van der Waals surface area (Å²) in [6, 6.07) is 3.71. The van der Waals surface area contributed by atoms with Crippen LogP contribution in [0.4, 0.5) is 18.9 Å². The van der Waals surface area contributed by atoms with Gasteiger partial charge in [0.25, 0.3) is 0 Å². The molecule has 1 aliphatic rings. The normalized spacial score (nSPS) is 23.6. The maximum atomic E-state index is 12.9. The summed E-state index contributed by atoms with van der Waals surface area (Å²) < 4.78 is 44.6. The smallest absolute Gasteiger partial charge is 0.378 e. The Morgan fingerprint density at radius 2 is 2.11 bits per heavy atom. The third-order valence-corrected chi connectivity index (χ3v) is 3.58. The minimum absolute atomic E-state index is 0.0672. The molecule has 0 aromatic heterocycles. The highest BCUT2D eigenvalue weighted by Gasteiger charge is 2.35. The molecule has 1 fully saturated rings. The fourth-order valence-corrected chi connectivity index (χ4v) is 2.49. The molecular weight excluding hydrogens is 325 g/mol. The summed E-state index contributed by atoms with van der Waals surface area (Å²) in [5, 5.41) is 6.01. The van der Waals surface area contributed by atoms with Crippen molar-refractivity contribution in [3.63, 3.8) is 0 Å². The molecule has 0 amide bonds. The maximum absolute atomic E-state index is 12.9. The van der Waals surface area contributed by atoms with Crippen molar-refractivity contribution in [3.05, 3.63) is 28.2 Å². The second-order valence-corrected chi connectivity index (χ2v) is 5.29. The largest absolute Gasteiger partial charge is 0.418 e. The SMILES string of the molecule is CO[C@H]1CNCC1Nc1cc(Br)ccc1C(F)(F)F. The molecule has 0 aliphatic carbocycles. The number of halogens is 4. The van der Waals surface area contributed by atoms with Crippen molar-refractivity contribution in [2.24, 2.45) is 0 Å². The van der Waals surface area contributed by atoms with E-state index in [1.165, 1.54) is 12.1 Å². The summed E-state index contributed by atoms with van der Waals surface area (Å²) in [6.07, 6.45) is -4.52. The highest BCUT2D eigenvalue weighted by molar-refractivity contribution is 9.10. The van der Waals surface area contributed by atoms with Gasteiger partial charge >= 0.3 is 6.18 Å². The summed E-state index contributed by atoms with van der Waals surface area (Å²) in [7, 11) is 1.55. The molecule has 1 unspecified atom stereocenters. The minimum Gasteiger partial charge on any atom is -0.378 e. The van der Waals surface area contributed by atoms with E-state index in [4.69, 9.17) is 4.74 Å². The van der Waals surface area contributed by atoms with Gasteiger partial charge in [0.2, 0.25) is 0 Å². The van der Waals surface area contributed by atoms with Gasteiger partial charge in [0.15, 0.2) is 0 Å². The number of benzene rings is 1. The summed E-state index contributed by atoms with van der Waals surface area (Å²) in [5.41, 5.74) is -0.602. The molecule has 1 saturated heterocycles. The van der Waals surface area contributed by atoms with Gasteiger partial charge in [-0.15, -0.1) is 0 Å². The number of ether oxygens (including phenoxy) is 1. The van der Waals surface area contributed by atoms with Crippen molar-refractivity contribution >= 4 is 21.6 Å². The predicted octanol–water partition coefficient (Wildman–Crippen LogP) is 2.87. The van der Waals surface area contributed by atoms with E-state index in [1.54, 1.807) is 7.11 Å². The van der Waals surface area contributed by atoms with E-state index in [0.29, 0.717) is 17.6 Å². The van der Waals surface area contributed by atoms with Gasteiger partial charge in [0.1, 0.15) is 0 Å². The molecule has 0 radical (unpaired) electrons. The third-order valence-electron chi connectivity index (χ3n) is 3.09. The van der Waals surface area contributed by atoms with E-state index in [2.05, 4.69) is 26.6 Å². The Hall–Kier alpha value is -0.790. The molecule has 7 heteroatoms. The van der Waals surface area contributed by atoms with E-state index in [1.807, 2.05) is 0 Å². The van der Waals surface area contributed by atoms with E-state index in [0.717, 1.165) is 6.07 Å². The monoisotopic (exact) mass is 338 g/mol. The zero-order valence-electron chi connectivity index (χ0n) is 10.2. The van der Waals surface area contributed by atoms with Gasteiger partial charge in [0, 0.05) is 30.4 Å². The van der Waals surface area contributed by atoms with Gasteiger partial charge in [-0.25, -0.2) is 0 Å². The molecule has 2 rings (SSSR count). The maximum Gasteiger partial charge on any atom is 0.418 e. The second kappa shape index (κ2) is 5.68. The molecule has 106 valence electrons. The first kappa shape index (κ1) is 14.6. The Kier molecular flexibility index (Phi) is 4.37. The summed E-state index contributed by atoms with van der Waals surface area (Å²) in [5.74, 6) is 0. The first-order chi connectivity index (χ1) is 8.91. The van der Waals surface area contributed by atoms with Gasteiger partial charge in [-0.2, -0.15) is 13.2 Å². The van der Waals surface area contributed by atoms with E-state index in [9.17, 15) is 13.2 Å². The molecule has 1 aromatic carbocycles. The number of rotatable bonds is 3. The van der Waals surface area contributed by atoms with Crippen molar-refractivity contribution in [1.82, 2.24) is 5.32 Å². The van der Waals surface area contributed by atoms with Crippen LogP contribution in [0.2, 0.25) is 0 Å². The topological polar surface area (TPSA) is 33.3 Å². The van der Waals surface area contributed by atoms with Crippen molar-refractivity contribution in [1.29, 1.82) is 0 Å². The van der Waals surface area contributed by atoms with Crippen molar-refractivity contribution < 1.29 is 17.9 Å². The molecule has 1 aromatic rings. The first-order valence-electron chi connectivity index (χ1n) is 5.78. The molecule has 0 bridgehead atoms. The van der Waals surface area contributed by atoms with Crippen LogP contribution in [-0.4, -0.2) is 32.3 Å². The zero-order valence-corrected chi connectivity index (χ0v) is 11.8. The second-order valence-electron chi connectivity index (χ2n) is 4.37. The summed E-state index contributed by atoms with van der Waals surface area (Å²) >= 11 is 3.19. The predicted molar refractivity (Wildman–Crippen MR) is 70.2 cm³/mol. The fourth-order valence-electron chi connectivity index (χ4n) is 2.13. The lowest BCUT2D eigenvalue weighted by atomic mass is 10.1. The van der Waals surface area contributed by atoms with E-state index >= 15 is 0 Å². The van der Waals surface area contributed by atoms with Crippen LogP contribution in [0.3, 0.4) is 0 Å². The standard InChI is InChI=1S/C12H14BrF3N2O/c1-19-11-6-17-5-10(11)18-9-4-7(13)2-3-8(9)12(14,15)16/h2-4,10-11,17-18H,5-6H2,1H3/t10?,11-/m0/s1. The average molecular weight is 339 g/mol. The highest BCUT2D eigenvalue weighted by Crippen LogP contribution is 2.36. The molecule has 0 spiro atoms. The third kappa shape index (κ3) is 3.40. The van der Waals surface area contributed by atoms with Crippen LogP contribution in [0.25, 0.3) is 0 Å². The fraction of sp³-hybridized carbons (Fsp3) is 0.500. The van der Waals surface area contributed by atoms with Gasteiger partial charge in [0.05, 0.1) is 17.7 Å². The van der Waals surface area contributed by atoms with E-state index < -0.39 is 11.7 Å². The van der Waals surface area contributed by atoms with Crippen LogP contribution in [0, 0.1) is 0 Å². The van der Waals surface area contributed by atoms with Gasteiger partial charge in [-0.1, -0.05) is 15.9 Å². The molecule has 1 aliphatic heterocycles. The number of nitrogens with one attached hydrogen (secondary N) is 2. The minimum atomic E-state index is -4.38. The first-order valence-corrected chi connectivity index (χ1v) is 6.58. The van der Waals surface area contributed by atoms with E-state index in [-0.39, 0.29) is 17.8 Å². The van der Waals surface area contributed by atoms with Crippen LogP contribution in [0.1, 0.15) is 5.56 Å². The van der Waals surface area contributed by atoms with Crippen LogP contribution in [0.5, 0.6) is 0 Å². The molecule has 2 atom stereocenters. The van der Waals surface area contributed by atoms with Crippen LogP contribution < -0.4 is 10.6 Å². The Balaban J connectivity index is 2.26. The van der Waals surface area contributed by atoms with Gasteiger partial charge in [-0.05, 0) is 18.2 Å². The van der Waals surface area contributed by atoms with Gasteiger partial charge < -0.3 is 15.4 Å². The number of hydrogen-bond acceptors (Lipinski definition) is 3. The quantitative estimate of drug-likeness (QED) is 0.889. The lowest BCUT2D eigenvalue weighted by Crippen LogP contribution is -2.34. The average Bonchev–Trinajstić information content (AvgIpc) is 2.74. The lowest BCUT2D eigenvalue weighted by molar-refractivity contribution is -0.137. The number of anilines is 1. The Bertz CT molecular complexity index is 453. The number of alkyl halides is 3. The molecule has 2 N–H and O–H groups in total. The lowest BCUT2D eigenvalue weighted by Gasteiger charge is -2.22. The number of hydrogen-bond donors (Lipinski definition) is 2. The van der Waals surface area contributed by atoms with Crippen molar-refractivity contribution in [2.75, 3.05) is 25.5 Å². The Morgan fingerprint density at radius 3 is 2.74 bits per heavy atom. The highest BCUT2D eigenvalue weighted by atomic mass is 79.9. The zero-order chi connectivity index (χ0) is 14.0. The Labute approximate surface area is 117 Å². The Morgan fingerprint density at radius 1 is 1.37 bits per heavy atom.